The summed E-state index contributed by atoms with van der Waals surface area (Å²) in [7, 11) is 0. The van der Waals surface area contributed by atoms with Crippen LogP contribution in [0.25, 0.3) is 28.2 Å². The number of fused-ring (bicyclic) bond motifs is 1. The third kappa shape index (κ3) is 4.97. The van der Waals surface area contributed by atoms with Crippen LogP contribution in [0, 0.1) is 0 Å². The van der Waals surface area contributed by atoms with Crippen molar-refractivity contribution >= 4 is 11.6 Å². The maximum Gasteiger partial charge on any atom is 0.343 e. The number of carbonyl (C=O) groups excluding carboxylic acids is 1. The van der Waals surface area contributed by atoms with Crippen LogP contribution in [0.1, 0.15) is 54.6 Å². The topological polar surface area (TPSA) is 120 Å². The molecular formula is C28H29N7O3. The van der Waals surface area contributed by atoms with E-state index in [1.807, 2.05) is 59.3 Å². The van der Waals surface area contributed by atoms with E-state index in [1.165, 1.54) is 10.7 Å². The molecule has 3 heterocycles. The lowest BCUT2D eigenvalue weighted by Crippen LogP contribution is -2.24. The predicted molar refractivity (Wildman–Crippen MR) is 143 cm³/mol. The van der Waals surface area contributed by atoms with Gasteiger partial charge in [-0.3, -0.25) is 4.79 Å². The van der Waals surface area contributed by atoms with Crippen LogP contribution in [-0.4, -0.2) is 47.4 Å². The number of tetrazole rings is 1. The zero-order valence-corrected chi connectivity index (χ0v) is 21.4. The van der Waals surface area contributed by atoms with Gasteiger partial charge in [0.15, 0.2) is 5.65 Å². The molecule has 2 aromatic carbocycles. The Morgan fingerprint density at radius 3 is 2.53 bits per heavy atom. The van der Waals surface area contributed by atoms with Gasteiger partial charge in [0.05, 0.1) is 12.8 Å². The lowest BCUT2D eigenvalue weighted by molar-refractivity contribution is 0.0528. The first-order chi connectivity index (χ1) is 18.6. The van der Waals surface area contributed by atoms with E-state index in [1.54, 1.807) is 6.92 Å². The molecule has 0 aliphatic carbocycles. The average Bonchev–Trinajstić information content (AvgIpc) is 3.63. The fourth-order valence-electron chi connectivity index (χ4n) is 4.61. The SMILES string of the molecule is CCCCCc1cn(Cc2ccc(-c3ccccc3-c3nn[nH]n3)cc2)c2c(C(=O)OCC)cnn2c1=O. The van der Waals surface area contributed by atoms with Crippen LogP contribution in [-0.2, 0) is 17.7 Å². The van der Waals surface area contributed by atoms with Gasteiger partial charge in [-0.1, -0.05) is 68.3 Å². The molecule has 5 aromatic rings. The summed E-state index contributed by atoms with van der Waals surface area (Å²) in [6.45, 7) is 4.57. The van der Waals surface area contributed by atoms with Crippen LogP contribution in [0.2, 0.25) is 0 Å². The van der Waals surface area contributed by atoms with Gasteiger partial charge < -0.3 is 9.30 Å². The highest BCUT2D eigenvalue weighted by Gasteiger charge is 2.20. The zero-order valence-electron chi connectivity index (χ0n) is 21.4. The standard InChI is InChI=1S/C28H29N7O3/c1-3-5-6-9-21-18-34(26-24(28(37)38-4-2)16-29-35(26)27(21)36)17-19-12-14-20(15-13-19)22-10-7-8-11-23(22)25-30-32-33-31-25/h7-8,10-16,18H,3-6,9,17H2,1-2H3,(H,30,31,32,33). The van der Waals surface area contributed by atoms with Gasteiger partial charge in [-0.25, -0.2) is 4.79 Å². The van der Waals surface area contributed by atoms with Gasteiger partial charge in [0.1, 0.15) is 5.56 Å². The van der Waals surface area contributed by atoms with Crippen molar-refractivity contribution in [1.29, 1.82) is 0 Å². The predicted octanol–water partition coefficient (Wildman–Crippen LogP) is 4.30. The van der Waals surface area contributed by atoms with Crippen molar-refractivity contribution in [2.45, 2.75) is 46.1 Å². The Hall–Kier alpha value is -4.60. The van der Waals surface area contributed by atoms with E-state index in [-0.39, 0.29) is 17.7 Å². The molecule has 0 aliphatic rings. The number of nitrogens with zero attached hydrogens (tertiary/aromatic N) is 6. The van der Waals surface area contributed by atoms with E-state index in [9.17, 15) is 9.59 Å². The van der Waals surface area contributed by atoms with Gasteiger partial charge in [-0.15, -0.1) is 10.2 Å². The highest BCUT2D eigenvalue weighted by molar-refractivity contribution is 5.95. The van der Waals surface area contributed by atoms with Gasteiger partial charge >= 0.3 is 5.97 Å². The second-order valence-corrected chi connectivity index (χ2v) is 9.04. The molecule has 0 saturated carbocycles. The number of hydrogen-bond donors (Lipinski definition) is 1. The molecule has 3 aromatic heterocycles. The third-order valence-corrected chi connectivity index (χ3v) is 6.47. The van der Waals surface area contributed by atoms with E-state index in [0.29, 0.717) is 30.0 Å². The summed E-state index contributed by atoms with van der Waals surface area (Å²) in [5.41, 5.74) is 5.07. The maximum absolute atomic E-state index is 13.2. The lowest BCUT2D eigenvalue weighted by atomic mass is 9.98. The molecule has 5 rings (SSSR count). The van der Waals surface area contributed by atoms with Crippen molar-refractivity contribution in [2.24, 2.45) is 0 Å². The molecule has 194 valence electrons. The summed E-state index contributed by atoms with van der Waals surface area (Å²) in [6, 6.07) is 16.0. The monoisotopic (exact) mass is 511 g/mol. The highest BCUT2D eigenvalue weighted by Crippen LogP contribution is 2.30. The Labute approximate surface area is 219 Å². The Morgan fingerprint density at radius 2 is 1.82 bits per heavy atom. The van der Waals surface area contributed by atoms with E-state index in [0.717, 1.165) is 41.5 Å². The Morgan fingerprint density at radius 1 is 1.03 bits per heavy atom. The van der Waals surface area contributed by atoms with Gasteiger partial charge in [-0.05, 0) is 41.7 Å². The number of aromatic amines is 1. The van der Waals surface area contributed by atoms with E-state index >= 15 is 0 Å². The molecule has 0 atom stereocenters. The Bertz CT molecular complexity index is 1600. The number of carbonyl (C=O) groups is 1. The number of hydrogen-bond acceptors (Lipinski definition) is 7. The Balaban J connectivity index is 1.52. The number of esters is 1. The molecule has 0 spiro atoms. The fraction of sp³-hybridized carbons (Fsp3) is 0.286. The molecule has 0 amide bonds. The summed E-state index contributed by atoms with van der Waals surface area (Å²) in [4.78, 5) is 25.8. The number of ether oxygens (including phenoxy) is 1. The molecule has 38 heavy (non-hydrogen) atoms. The average molecular weight is 512 g/mol. The number of H-pyrrole nitrogens is 1. The number of aromatic nitrogens is 7. The molecule has 0 fully saturated rings. The number of unbranched alkanes of at least 4 members (excludes halogenated alkanes) is 2. The molecule has 0 radical (unpaired) electrons. The quantitative estimate of drug-likeness (QED) is 0.219. The van der Waals surface area contributed by atoms with Crippen LogP contribution in [0.5, 0.6) is 0 Å². The van der Waals surface area contributed by atoms with E-state index in [4.69, 9.17) is 4.74 Å². The fourth-order valence-corrected chi connectivity index (χ4v) is 4.61. The first kappa shape index (κ1) is 25.1. The molecule has 0 saturated heterocycles. The lowest BCUT2D eigenvalue weighted by Gasteiger charge is -2.14. The summed E-state index contributed by atoms with van der Waals surface area (Å²) in [6.07, 6.45) is 6.95. The minimum Gasteiger partial charge on any atom is -0.462 e. The van der Waals surface area contributed by atoms with Crippen LogP contribution in [0.3, 0.4) is 0 Å². The molecule has 0 bridgehead atoms. The van der Waals surface area contributed by atoms with Crippen LogP contribution in [0.4, 0.5) is 0 Å². The molecule has 0 unspecified atom stereocenters. The normalized spacial score (nSPS) is 11.2. The first-order valence-corrected chi connectivity index (χ1v) is 12.8. The molecule has 10 nitrogen and oxygen atoms in total. The number of benzene rings is 2. The third-order valence-electron chi connectivity index (χ3n) is 6.47. The largest absolute Gasteiger partial charge is 0.462 e. The van der Waals surface area contributed by atoms with E-state index < -0.39 is 5.97 Å². The van der Waals surface area contributed by atoms with Gasteiger partial charge in [-0.2, -0.15) is 14.8 Å². The maximum atomic E-state index is 13.2. The summed E-state index contributed by atoms with van der Waals surface area (Å²) in [5.74, 6) is 0.0333. The second-order valence-electron chi connectivity index (χ2n) is 9.04. The highest BCUT2D eigenvalue weighted by atomic mass is 16.5. The smallest absolute Gasteiger partial charge is 0.343 e. The van der Waals surface area contributed by atoms with Crippen molar-refractivity contribution in [1.82, 2.24) is 34.8 Å². The van der Waals surface area contributed by atoms with Crippen molar-refractivity contribution in [2.75, 3.05) is 6.61 Å². The van der Waals surface area contributed by atoms with Crippen LogP contribution in [0.15, 0.2) is 65.7 Å². The number of nitrogens with one attached hydrogen (secondary N) is 1. The molecule has 0 aliphatic heterocycles. The number of rotatable bonds is 10. The second kappa shape index (κ2) is 11.2. The Kier molecular flexibility index (Phi) is 7.39. The minimum absolute atomic E-state index is 0.198. The van der Waals surface area contributed by atoms with Crippen LogP contribution < -0.4 is 5.56 Å². The summed E-state index contributed by atoms with van der Waals surface area (Å²) < 4.78 is 8.47. The summed E-state index contributed by atoms with van der Waals surface area (Å²) >= 11 is 0. The number of aryl methyl sites for hydroxylation is 1. The van der Waals surface area contributed by atoms with Crippen molar-refractivity contribution < 1.29 is 9.53 Å². The van der Waals surface area contributed by atoms with Crippen LogP contribution >= 0.6 is 0 Å². The zero-order chi connectivity index (χ0) is 26.5. The van der Waals surface area contributed by atoms with Gasteiger partial charge in [0, 0.05) is 23.9 Å². The van der Waals surface area contributed by atoms with Crippen molar-refractivity contribution in [3.63, 3.8) is 0 Å². The van der Waals surface area contributed by atoms with E-state index in [2.05, 4.69) is 32.6 Å². The molecule has 1 N–H and O–H groups in total. The van der Waals surface area contributed by atoms with Crippen molar-refractivity contribution in [3.05, 3.63) is 88.0 Å². The molecule has 10 heteroatoms. The first-order valence-electron chi connectivity index (χ1n) is 12.8. The molecular weight excluding hydrogens is 482 g/mol. The minimum atomic E-state index is -0.497. The van der Waals surface area contributed by atoms with Gasteiger partial charge in [0.25, 0.3) is 5.56 Å². The summed E-state index contributed by atoms with van der Waals surface area (Å²) in [5, 5.41) is 18.7. The van der Waals surface area contributed by atoms with Gasteiger partial charge in [0.2, 0.25) is 5.82 Å². The van der Waals surface area contributed by atoms with Crippen molar-refractivity contribution in [3.8, 4) is 22.5 Å².